The predicted molar refractivity (Wildman–Crippen MR) is 85.0 cm³/mol. The number of methoxy groups -OCH3 is 1. The van der Waals surface area contributed by atoms with Crippen LogP contribution in [0.5, 0.6) is 5.75 Å². The minimum absolute atomic E-state index is 0.181. The Balaban J connectivity index is 2.12. The summed E-state index contributed by atoms with van der Waals surface area (Å²) in [6.45, 7) is 0.690. The summed E-state index contributed by atoms with van der Waals surface area (Å²) < 4.78 is 5.28. The maximum atomic E-state index is 5.84. The Bertz CT molecular complexity index is 591. The lowest BCUT2D eigenvalue weighted by Crippen LogP contribution is -2.27. The number of rotatable bonds is 6. The summed E-state index contributed by atoms with van der Waals surface area (Å²) >= 11 is 5.84. The zero-order valence-corrected chi connectivity index (χ0v) is 13.1. The largest absolute Gasteiger partial charge is 0.497 e. The highest BCUT2D eigenvalue weighted by atomic mass is 35.5. The van der Waals surface area contributed by atoms with Crippen molar-refractivity contribution in [1.29, 1.82) is 0 Å². The van der Waals surface area contributed by atoms with Crippen molar-refractivity contribution in [3.05, 3.63) is 47.4 Å². The van der Waals surface area contributed by atoms with E-state index in [2.05, 4.69) is 26.3 Å². The van der Waals surface area contributed by atoms with E-state index in [1.165, 1.54) is 11.8 Å². The first-order chi connectivity index (χ1) is 10.1. The molecule has 2 rings (SSSR count). The predicted octanol–water partition coefficient (Wildman–Crippen LogP) is 2.85. The number of hydrogen-bond acceptors (Lipinski definition) is 5. The molecule has 2 aromatic rings. The molecule has 0 aliphatic rings. The molecule has 0 saturated heterocycles. The fourth-order valence-electron chi connectivity index (χ4n) is 2.08. The van der Waals surface area contributed by atoms with E-state index in [4.69, 9.17) is 16.3 Å². The van der Waals surface area contributed by atoms with E-state index in [-0.39, 0.29) is 6.04 Å². The third kappa shape index (κ3) is 4.31. The van der Waals surface area contributed by atoms with Gasteiger partial charge in [-0.05, 0) is 31.8 Å². The van der Waals surface area contributed by atoms with Gasteiger partial charge >= 0.3 is 0 Å². The Labute approximate surface area is 129 Å². The quantitative estimate of drug-likeness (QED) is 0.889. The zero-order chi connectivity index (χ0) is 15.2. The molecule has 1 aromatic heterocycles. The van der Waals surface area contributed by atoms with Gasteiger partial charge in [0.1, 0.15) is 16.7 Å². The maximum absolute atomic E-state index is 5.84. The van der Waals surface area contributed by atoms with Crippen LogP contribution < -0.4 is 10.1 Å². The molecule has 6 heteroatoms. The van der Waals surface area contributed by atoms with Crippen molar-refractivity contribution in [2.24, 2.45) is 0 Å². The van der Waals surface area contributed by atoms with Crippen LogP contribution in [0.4, 0.5) is 5.82 Å². The summed E-state index contributed by atoms with van der Waals surface area (Å²) in [5.74, 6) is 1.51. The zero-order valence-electron chi connectivity index (χ0n) is 12.4. The molecule has 1 N–H and O–H groups in total. The van der Waals surface area contributed by atoms with Crippen LogP contribution in [0, 0.1) is 0 Å². The van der Waals surface area contributed by atoms with E-state index >= 15 is 0 Å². The molecule has 0 spiro atoms. The van der Waals surface area contributed by atoms with Gasteiger partial charge in [0.15, 0.2) is 0 Å². The van der Waals surface area contributed by atoms with Crippen LogP contribution in [0.15, 0.2) is 36.7 Å². The molecule has 1 unspecified atom stereocenters. The lowest BCUT2D eigenvalue weighted by atomic mass is 10.1. The Morgan fingerprint density at radius 1 is 1.33 bits per heavy atom. The third-order valence-electron chi connectivity index (χ3n) is 3.18. The summed E-state index contributed by atoms with van der Waals surface area (Å²) in [4.78, 5) is 10.3. The lowest BCUT2D eigenvalue weighted by molar-refractivity contribution is 0.310. The van der Waals surface area contributed by atoms with Gasteiger partial charge in [0.05, 0.1) is 25.5 Å². The smallest absolute Gasteiger partial charge is 0.149 e. The fourth-order valence-corrected chi connectivity index (χ4v) is 2.22. The number of ether oxygens (including phenoxy) is 1. The molecule has 1 aromatic carbocycles. The number of likely N-dealkylation sites (N-methyl/N-ethyl adjacent to an activating group) is 1. The first-order valence-electron chi connectivity index (χ1n) is 6.62. The van der Waals surface area contributed by atoms with Gasteiger partial charge in [0.2, 0.25) is 0 Å². The van der Waals surface area contributed by atoms with E-state index in [0.717, 1.165) is 5.75 Å². The first-order valence-corrected chi connectivity index (χ1v) is 6.99. The number of nitrogens with zero attached hydrogens (tertiary/aromatic N) is 3. The summed E-state index contributed by atoms with van der Waals surface area (Å²) in [5.41, 5.74) is 1.17. The molecule has 0 amide bonds. The van der Waals surface area contributed by atoms with E-state index in [9.17, 15) is 0 Å². The van der Waals surface area contributed by atoms with Gasteiger partial charge in [-0.2, -0.15) is 0 Å². The van der Waals surface area contributed by atoms with Crippen molar-refractivity contribution < 1.29 is 4.74 Å². The average Bonchev–Trinajstić information content (AvgIpc) is 2.47. The van der Waals surface area contributed by atoms with Crippen LogP contribution in [-0.2, 0) is 0 Å². The number of nitrogens with one attached hydrogen (secondary N) is 1. The van der Waals surface area contributed by atoms with Crippen LogP contribution in [-0.4, -0.2) is 42.6 Å². The van der Waals surface area contributed by atoms with Gasteiger partial charge in [0.25, 0.3) is 0 Å². The SMILES string of the molecule is COc1cccc(C(CNc2cncc(Cl)n2)N(C)C)c1. The van der Waals surface area contributed by atoms with Crippen LogP contribution in [0.3, 0.4) is 0 Å². The van der Waals surface area contributed by atoms with Gasteiger partial charge in [-0.15, -0.1) is 0 Å². The Hall–Kier alpha value is -1.85. The van der Waals surface area contributed by atoms with Crippen molar-refractivity contribution in [1.82, 2.24) is 14.9 Å². The molecule has 112 valence electrons. The molecule has 0 bridgehead atoms. The second-order valence-electron chi connectivity index (χ2n) is 4.86. The maximum Gasteiger partial charge on any atom is 0.149 e. The van der Waals surface area contributed by atoms with E-state index in [0.29, 0.717) is 17.5 Å². The second-order valence-corrected chi connectivity index (χ2v) is 5.25. The van der Waals surface area contributed by atoms with Crippen molar-refractivity contribution in [2.75, 3.05) is 33.1 Å². The molecule has 0 saturated carbocycles. The Kier molecular flexibility index (Phi) is 5.36. The van der Waals surface area contributed by atoms with E-state index in [1.54, 1.807) is 13.3 Å². The average molecular weight is 307 g/mol. The molecule has 21 heavy (non-hydrogen) atoms. The summed E-state index contributed by atoms with van der Waals surface area (Å²) in [5, 5.41) is 3.64. The van der Waals surface area contributed by atoms with Gasteiger partial charge in [-0.25, -0.2) is 4.98 Å². The van der Waals surface area contributed by atoms with Crippen LogP contribution in [0.25, 0.3) is 0 Å². The third-order valence-corrected chi connectivity index (χ3v) is 3.37. The fraction of sp³-hybridized carbons (Fsp3) is 0.333. The van der Waals surface area contributed by atoms with Gasteiger partial charge in [-0.1, -0.05) is 23.7 Å². The Morgan fingerprint density at radius 2 is 2.14 bits per heavy atom. The van der Waals surface area contributed by atoms with Gasteiger partial charge < -0.3 is 15.0 Å². The summed E-state index contributed by atoms with van der Waals surface area (Å²) in [6, 6.07) is 8.23. The number of halogens is 1. The van der Waals surface area contributed by atoms with Crippen molar-refractivity contribution in [3.8, 4) is 5.75 Å². The number of aromatic nitrogens is 2. The molecular weight excluding hydrogens is 288 g/mol. The van der Waals surface area contributed by atoms with Crippen molar-refractivity contribution in [2.45, 2.75) is 6.04 Å². The monoisotopic (exact) mass is 306 g/mol. The molecule has 1 heterocycles. The number of benzene rings is 1. The van der Waals surface area contributed by atoms with E-state index in [1.807, 2.05) is 32.3 Å². The second kappa shape index (κ2) is 7.24. The van der Waals surface area contributed by atoms with Crippen molar-refractivity contribution in [3.63, 3.8) is 0 Å². The molecule has 0 aliphatic carbocycles. The number of hydrogen-bond donors (Lipinski definition) is 1. The molecular formula is C15H19ClN4O. The highest BCUT2D eigenvalue weighted by Gasteiger charge is 2.15. The molecule has 0 fully saturated rings. The minimum Gasteiger partial charge on any atom is -0.497 e. The minimum atomic E-state index is 0.181. The standard InChI is InChI=1S/C15H19ClN4O/c1-20(2)13(11-5-4-6-12(7-11)21-3)8-18-15-10-17-9-14(16)19-15/h4-7,9-10,13H,8H2,1-3H3,(H,18,19). The van der Waals surface area contributed by atoms with Crippen molar-refractivity contribution >= 4 is 17.4 Å². The summed E-state index contributed by atoms with van der Waals surface area (Å²) in [7, 11) is 5.74. The normalized spacial score (nSPS) is 12.2. The van der Waals surface area contributed by atoms with Gasteiger partial charge in [-0.3, -0.25) is 4.98 Å². The topological polar surface area (TPSA) is 50.3 Å². The molecule has 0 aliphatic heterocycles. The summed E-state index contributed by atoms with van der Waals surface area (Å²) in [6.07, 6.45) is 3.17. The van der Waals surface area contributed by atoms with E-state index < -0.39 is 0 Å². The first kappa shape index (κ1) is 15.5. The van der Waals surface area contributed by atoms with Crippen LogP contribution in [0.2, 0.25) is 5.15 Å². The molecule has 5 nitrogen and oxygen atoms in total. The molecule has 1 atom stereocenters. The number of anilines is 1. The Morgan fingerprint density at radius 3 is 2.81 bits per heavy atom. The molecule has 0 radical (unpaired) electrons. The highest BCUT2D eigenvalue weighted by molar-refractivity contribution is 6.29. The van der Waals surface area contributed by atoms with Crippen LogP contribution >= 0.6 is 11.6 Å². The van der Waals surface area contributed by atoms with Gasteiger partial charge in [0, 0.05) is 6.54 Å². The lowest BCUT2D eigenvalue weighted by Gasteiger charge is -2.25. The highest BCUT2D eigenvalue weighted by Crippen LogP contribution is 2.23. The van der Waals surface area contributed by atoms with Crippen LogP contribution in [0.1, 0.15) is 11.6 Å².